The second-order valence-corrected chi connectivity index (χ2v) is 7.91. The van der Waals surface area contributed by atoms with Gasteiger partial charge in [-0.1, -0.05) is 17.7 Å². The zero-order valence-electron chi connectivity index (χ0n) is 17.3. The van der Waals surface area contributed by atoms with Gasteiger partial charge in [0, 0.05) is 51.6 Å². The highest BCUT2D eigenvalue weighted by Gasteiger charge is 2.15. The van der Waals surface area contributed by atoms with Crippen LogP contribution >= 0.6 is 11.6 Å². The number of aromatic amines is 1. The molecule has 5 rings (SSSR count). The van der Waals surface area contributed by atoms with Crippen molar-refractivity contribution in [2.75, 3.05) is 13.6 Å². The van der Waals surface area contributed by atoms with E-state index in [1.165, 1.54) is 12.1 Å². The summed E-state index contributed by atoms with van der Waals surface area (Å²) in [4.78, 5) is 12.1. The summed E-state index contributed by atoms with van der Waals surface area (Å²) < 4.78 is 16.4. The van der Waals surface area contributed by atoms with Crippen LogP contribution in [-0.4, -0.2) is 38.3 Å². The predicted molar refractivity (Wildman–Crippen MR) is 125 cm³/mol. The standard InChI is InChI=1S/C24H20ClFN6/c1-27-6-7-32-13-18(12-31-32)17-9-16-8-15(2-5-22(16)28-11-17)23-24(30-14-29-23)20-10-19(25)3-4-21(20)26/h2-5,8-14,27H,6-7H2,1H3,(H,29,30). The molecule has 0 saturated carbocycles. The van der Waals surface area contributed by atoms with E-state index in [0.717, 1.165) is 40.7 Å². The van der Waals surface area contributed by atoms with E-state index in [4.69, 9.17) is 11.6 Å². The first-order valence-corrected chi connectivity index (χ1v) is 10.6. The van der Waals surface area contributed by atoms with Gasteiger partial charge in [0.05, 0.1) is 36.0 Å². The Labute approximate surface area is 189 Å². The van der Waals surface area contributed by atoms with Crippen LogP contribution in [0.5, 0.6) is 0 Å². The Morgan fingerprint density at radius 1 is 1.03 bits per heavy atom. The SMILES string of the molecule is CNCCn1cc(-c2cnc3ccc(-c4nc[nH]c4-c4cc(Cl)ccc4F)cc3c2)cn1. The second-order valence-electron chi connectivity index (χ2n) is 7.48. The molecule has 2 N–H and O–H groups in total. The number of pyridine rings is 1. The third kappa shape index (κ3) is 3.88. The summed E-state index contributed by atoms with van der Waals surface area (Å²) >= 11 is 6.10. The zero-order valence-corrected chi connectivity index (χ0v) is 18.1. The number of aromatic nitrogens is 5. The molecular weight excluding hydrogens is 427 g/mol. The van der Waals surface area contributed by atoms with Gasteiger partial charge in [0.15, 0.2) is 0 Å². The Bertz CT molecular complexity index is 1410. The van der Waals surface area contributed by atoms with Crippen molar-refractivity contribution in [1.82, 2.24) is 30.0 Å². The smallest absolute Gasteiger partial charge is 0.132 e. The molecule has 160 valence electrons. The largest absolute Gasteiger partial charge is 0.344 e. The van der Waals surface area contributed by atoms with E-state index < -0.39 is 0 Å². The summed E-state index contributed by atoms with van der Waals surface area (Å²) in [5.74, 6) is -0.361. The highest BCUT2D eigenvalue weighted by Crippen LogP contribution is 2.34. The van der Waals surface area contributed by atoms with Gasteiger partial charge < -0.3 is 10.3 Å². The Morgan fingerprint density at radius 3 is 2.78 bits per heavy atom. The maximum absolute atomic E-state index is 14.5. The molecular formula is C24H20ClFN6. The van der Waals surface area contributed by atoms with Gasteiger partial charge in [-0.3, -0.25) is 9.67 Å². The Kier molecular flexibility index (Phi) is 5.43. The summed E-state index contributed by atoms with van der Waals surface area (Å²) in [7, 11) is 1.92. The molecule has 8 heteroatoms. The first kappa shape index (κ1) is 20.4. The second kappa shape index (κ2) is 8.53. The molecule has 0 fully saturated rings. The van der Waals surface area contributed by atoms with Gasteiger partial charge in [-0.15, -0.1) is 0 Å². The van der Waals surface area contributed by atoms with Crippen molar-refractivity contribution in [2.24, 2.45) is 0 Å². The number of nitrogens with zero attached hydrogens (tertiary/aromatic N) is 4. The minimum Gasteiger partial charge on any atom is -0.344 e. The number of halogens is 2. The molecule has 3 aromatic heterocycles. The third-order valence-electron chi connectivity index (χ3n) is 5.35. The molecule has 0 bridgehead atoms. The number of rotatable bonds is 6. The molecule has 0 radical (unpaired) electrons. The predicted octanol–water partition coefficient (Wildman–Crippen LogP) is 5.17. The van der Waals surface area contributed by atoms with Crippen LogP contribution in [0.4, 0.5) is 4.39 Å². The van der Waals surface area contributed by atoms with E-state index in [0.29, 0.717) is 22.0 Å². The summed E-state index contributed by atoms with van der Waals surface area (Å²) in [5.41, 5.74) is 5.32. The van der Waals surface area contributed by atoms with Crippen LogP contribution in [0.2, 0.25) is 5.02 Å². The molecule has 0 aliphatic rings. The van der Waals surface area contributed by atoms with Gasteiger partial charge >= 0.3 is 0 Å². The van der Waals surface area contributed by atoms with Crippen molar-refractivity contribution < 1.29 is 4.39 Å². The van der Waals surface area contributed by atoms with Crippen LogP contribution in [0.15, 0.2) is 67.4 Å². The van der Waals surface area contributed by atoms with Gasteiger partial charge in [-0.25, -0.2) is 9.37 Å². The number of H-pyrrole nitrogens is 1. The summed E-state index contributed by atoms with van der Waals surface area (Å²) in [6, 6.07) is 12.5. The lowest BCUT2D eigenvalue weighted by Crippen LogP contribution is -2.14. The van der Waals surface area contributed by atoms with Crippen LogP contribution in [0.3, 0.4) is 0 Å². The monoisotopic (exact) mass is 446 g/mol. The molecule has 0 aliphatic heterocycles. The van der Waals surface area contributed by atoms with E-state index in [1.807, 2.05) is 48.5 Å². The average Bonchev–Trinajstić information content (AvgIpc) is 3.48. The Morgan fingerprint density at radius 2 is 1.91 bits per heavy atom. The van der Waals surface area contributed by atoms with Gasteiger partial charge in [0.25, 0.3) is 0 Å². The fourth-order valence-corrected chi connectivity index (χ4v) is 3.88. The Balaban J connectivity index is 1.54. The van der Waals surface area contributed by atoms with Gasteiger partial charge in [0.2, 0.25) is 0 Å². The maximum Gasteiger partial charge on any atom is 0.132 e. The van der Waals surface area contributed by atoms with Crippen LogP contribution in [0.1, 0.15) is 0 Å². The van der Waals surface area contributed by atoms with Gasteiger partial charge in [-0.2, -0.15) is 5.10 Å². The number of hydrogen-bond acceptors (Lipinski definition) is 4. The van der Waals surface area contributed by atoms with Crippen molar-refractivity contribution in [3.8, 4) is 33.6 Å². The molecule has 6 nitrogen and oxygen atoms in total. The van der Waals surface area contributed by atoms with Crippen molar-refractivity contribution in [1.29, 1.82) is 0 Å². The average molecular weight is 447 g/mol. The van der Waals surface area contributed by atoms with Crippen molar-refractivity contribution in [2.45, 2.75) is 6.54 Å². The van der Waals surface area contributed by atoms with E-state index in [-0.39, 0.29) is 5.82 Å². The van der Waals surface area contributed by atoms with Gasteiger partial charge in [-0.05, 0) is 43.4 Å². The minimum atomic E-state index is -0.361. The highest BCUT2D eigenvalue weighted by molar-refractivity contribution is 6.30. The van der Waals surface area contributed by atoms with Crippen LogP contribution in [0, 0.1) is 5.82 Å². The van der Waals surface area contributed by atoms with Crippen LogP contribution in [-0.2, 0) is 6.54 Å². The molecule has 3 heterocycles. The van der Waals surface area contributed by atoms with E-state index in [2.05, 4.69) is 31.4 Å². The summed E-state index contributed by atoms with van der Waals surface area (Å²) in [6.07, 6.45) is 7.26. The molecule has 0 amide bonds. The normalized spacial score (nSPS) is 11.3. The molecule has 5 aromatic rings. The van der Waals surface area contributed by atoms with Crippen molar-refractivity contribution in [3.05, 3.63) is 78.2 Å². The molecule has 0 unspecified atom stereocenters. The highest BCUT2D eigenvalue weighted by atomic mass is 35.5. The van der Waals surface area contributed by atoms with Crippen LogP contribution < -0.4 is 5.32 Å². The third-order valence-corrected chi connectivity index (χ3v) is 5.58. The molecule has 0 saturated heterocycles. The van der Waals surface area contributed by atoms with E-state index in [9.17, 15) is 4.39 Å². The zero-order chi connectivity index (χ0) is 22.1. The number of imidazole rings is 1. The number of nitrogens with one attached hydrogen (secondary N) is 2. The number of benzene rings is 2. The van der Waals surface area contributed by atoms with Crippen molar-refractivity contribution in [3.63, 3.8) is 0 Å². The van der Waals surface area contributed by atoms with E-state index in [1.54, 1.807) is 12.4 Å². The molecule has 0 aliphatic carbocycles. The topological polar surface area (TPSA) is 71.4 Å². The fraction of sp³-hybridized carbons (Fsp3) is 0.125. The van der Waals surface area contributed by atoms with Crippen molar-refractivity contribution >= 4 is 22.5 Å². The Hall–Kier alpha value is -3.55. The maximum atomic E-state index is 14.5. The molecule has 0 atom stereocenters. The summed E-state index contributed by atoms with van der Waals surface area (Å²) in [5, 5.41) is 8.96. The first-order chi connectivity index (χ1) is 15.6. The number of hydrogen-bond donors (Lipinski definition) is 2. The molecule has 2 aromatic carbocycles. The molecule has 32 heavy (non-hydrogen) atoms. The van der Waals surface area contributed by atoms with E-state index >= 15 is 0 Å². The minimum absolute atomic E-state index is 0.361. The number of fused-ring (bicyclic) bond motifs is 1. The van der Waals surface area contributed by atoms with Gasteiger partial charge in [0.1, 0.15) is 5.82 Å². The number of likely N-dealkylation sites (N-methyl/N-ethyl adjacent to an activating group) is 1. The molecule has 0 spiro atoms. The lowest BCUT2D eigenvalue weighted by Gasteiger charge is -2.07. The first-order valence-electron chi connectivity index (χ1n) is 10.2. The van der Waals surface area contributed by atoms with Crippen LogP contribution in [0.25, 0.3) is 44.5 Å². The fourth-order valence-electron chi connectivity index (χ4n) is 3.71. The quantitative estimate of drug-likeness (QED) is 0.377. The summed E-state index contributed by atoms with van der Waals surface area (Å²) in [6.45, 7) is 1.64. The lowest BCUT2D eigenvalue weighted by molar-refractivity contribution is 0.585. The lowest BCUT2D eigenvalue weighted by atomic mass is 10.0.